The maximum absolute atomic E-state index is 5.05. The highest BCUT2D eigenvalue weighted by Crippen LogP contribution is 2.39. The molecule has 2 nitrogen and oxygen atoms in total. The topological polar surface area (TPSA) is 28.7 Å². The van der Waals surface area contributed by atoms with E-state index < -0.39 is 0 Å². The molecule has 0 amide bonds. The Morgan fingerprint density at radius 2 is 1.06 bits per heavy atom. The molecular formula is C29H20N2. The highest BCUT2D eigenvalue weighted by atomic mass is 14.9. The first kappa shape index (κ1) is 17.7. The van der Waals surface area contributed by atoms with Crippen LogP contribution in [0.1, 0.15) is 0 Å². The first-order valence-electron chi connectivity index (χ1n) is 10.5. The number of hydrogen-bond donors (Lipinski definition) is 1. The predicted octanol–water partition coefficient (Wildman–Crippen LogP) is 7.72. The number of rotatable bonds is 3. The van der Waals surface area contributed by atoms with Gasteiger partial charge in [-0.25, -0.2) is 4.98 Å². The van der Waals surface area contributed by atoms with Crippen molar-refractivity contribution in [3.8, 4) is 33.6 Å². The molecule has 1 N–H and O–H groups in total. The largest absolute Gasteiger partial charge is 0.338 e. The molecule has 1 heterocycles. The van der Waals surface area contributed by atoms with Gasteiger partial charge in [-0.1, -0.05) is 103 Å². The molecule has 1 aromatic heterocycles. The summed E-state index contributed by atoms with van der Waals surface area (Å²) in [5.41, 5.74) is 7.87. The number of imidazole rings is 1. The summed E-state index contributed by atoms with van der Waals surface area (Å²) in [5, 5.41) is 2.41. The van der Waals surface area contributed by atoms with Gasteiger partial charge in [0.05, 0.1) is 11.0 Å². The van der Waals surface area contributed by atoms with Crippen LogP contribution in [0.5, 0.6) is 0 Å². The number of fused-ring (bicyclic) bond motifs is 2. The van der Waals surface area contributed by atoms with E-state index in [1.54, 1.807) is 0 Å². The number of benzene rings is 5. The third-order valence-corrected chi connectivity index (χ3v) is 5.82. The standard InChI is InChI=1S/C29H20N2/c1-3-10-20(11-4-1)24-16-9-17-25(21-12-5-2-6-13-21)28(24)29-30-26-18-22-14-7-8-15-23(22)19-27(26)31-29/h1-19H,(H,30,31). The fourth-order valence-electron chi connectivity index (χ4n) is 4.34. The summed E-state index contributed by atoms with van der Waals surface area (Å²) in [7, 11) is 0. The molecule has 0 spiro atoms. The van der Waals surface area contributed by atoms with Crippen molar-refractivity contribution in [1.29, 1.82) is 0 Å². The monoisotopic (exact) mass is 396 g/mol. The summed E-state index contributed by atoms with van der Waals surface area (Å²) < 4.78 is 0. The fraction of sp³-hybridized carbons (Fsp3) is 0. The van der Waals surface area contributed by atoms with Gasteiger partial charge in [-0.05, 0) is 45.2 Å². The van der Waals surface area contributed by atoms with E-state index in [-0.39, 0.29) is 0 Å². The summed E-state index contributed by atoms with van der Waals surface area (Å²) in [6.45, 7) is 0. The number of nitrogens with one attached hydrogen (secondary N) is 1. The highest BCUT2D eigenvalue weighted by molar-refractivity contribution is 5.99. The summed E-state index contributed by atoms with van der Waals surface area (Å²) in [4.78, 5) is 8.66. The van der Waals surface area contributed by atoms with Crippen molar-refractivity contribution in [2.45, 2.75) is 0 Å². The Morgan fingerprint density at radius 3 is 1.68 bits per heavy atom. The molecule has 6 rings (SSSR count). The molecule has 31 heavy (non-hydrogen) atoms. The molecule has 0 radical (unpaired) electrons. The third-order valence-electron chi connectivity index (χ3n) is 5.82. The van der Waals surface area contributed by atoms with Crippen LogP contribution in [-0.4, -0.2) is 9.97 Å². The van der Waals surface area contributed by atoms with E-state index >= 15 is 0 Å². The quantitative estimate of drug-likeness (QED) is 0.326. The summed E-state index contributed by atoms with van der Waals surface area (Å²) >= 11 is 0. The molecule has 6 aromatic rings. The predicted molar refractivity (Wildman–Crippen MR) is 130 cm³/mol. The van der Waals surface area contributed by atoms with Gasteiger partial charge >= 0.3 is 0 Å². The second kappa shape index (κ2) is 7.26. The molecule has 0 aliphatic heterocycles. The molecule has 5 aromatic carbocycles. The Balaban J connectivity index is 1.65. The minimum absolute atomic E-state index is 0.892. The van der Waals surface area contributed by atoms with Gasteiger partial charge in [0.1, 0.15) is 5.82 Å². The van der Waals surface area contributed by atoms with Gasteiger partial charge in [0.15, 0.2) is 0 Å². The van der Waals surface area contributed by atoms with Crippen LogP contribution in [0.25, 0.3) is 55.4 Å². The number of aromatic nitrogens is 2. The van der Waals surface area contributed by atoms with Crippen LogP contribution in [0.4, 0.5) is 0 Å². The van der Waals surface area contributed by atoms with Gasteiger partial charge in [0.2, 0.25) is 0 Å². The van der Waals surface area contributed by atoms with Crippen LogP contribution < -0.4 is 0 Å². The maximum atomic E-state index is 5.05. The van der Waals surface area contributed by atoms with E-state index in [0.717, 1.165) is 22.4 Å². The van der Waals surface area contributed by atoms with Gasteiger partial charge in [0, 0.05) is 5.56 Å². The molecule has 0 saturated carbocycles. The lowest BCUT2D eigenvalue weighted by molar-refractivity contribution is 1.33. The summed E-state index contributed by atoms with van der Waals surface area (Å²) in [6.07, 6.45) is 0. The highest BCUT2D eigenvalue weighted by Gasteiger charge is 2.17. The summed E-state index contributed by atoms with van der Waals surface area (Å²) in [5.74, 6) is 0.892. The van der Waals surface area contributed by atoms with Crippen molar-refractivity contribution in [2.75, 3.05) is 0 Å². The third kappa shape index (κ3) is 3.10. The van der Waals surface area contributed by atoms with E-state index in [1.807, 2.05) is 0 Å². The molecule has 146 valence electrons. The Bertz CT molecular complexity index is 1400. The Kier molecular flexibility index (Phi) is 4.14. The van der Waals surface area contributed by atoms with Crippen LogP contribution in [0.2, 0.25) is 0 Å². The van der Waals surface area contributed by atoms with E-state index in [4.69, 9.17) is 4.98 Å². The van der Waals surface area contributed by atoms with E-state index in [1.165, 1.54) is 33.0 Å². The number of aromatic amines is 1. The maximum Gasteiger partial charge on any atom is 0.139 e. The van der Waals surface area contributed by atoms with Crippen molar-refractivity contribution in [3.63, 3.8) is 0 Å². The molecule has 0 aliphatic carbocycles. The van der Waals surface area contributed by atoms with Crippen molar-refractivity contribution in [2.24, 2.45) is 0 Å². The lowest BCUT2D eigenvalue weighted by atomic mass is 9.91. The van der Waals surface area contributed by atoms with Gasteiger partial charge in [-0.2, -0.15) is 0 Å². The van der Waals surface area contributed by atoms with Crippen molar-refractivity contribution in [1.82, 2.24) is 9.97 Å². The minimum Gasteiger partial charge on any atom is -0.338 e. The van der Waals surface area contributed by atoms with Crippen LogP contribution >= 0.6 is 0 Å². The minimum atomic E-state index is 0.892. The second-order valence-electron chi connectivity index (χ2n) is 7.76. The first-order valence-corrected chi connectivity index (χ1v) is 10.5. The van der Waals surface area contributed by atoms with E-state index in [9.17, 15) is 0 Å². The lowest BCUT2D eigenvalue weighted by Gasteiger charge is -2.14. The molecule has 0 fully saturated rings. The normalized spacial score (nSPS) is 11.2. The smallest absolute Gasteiger partial charge is 0.139 e. The van der Waals surface area contributed by atoms with Crippen molar-refractivity contribution in [3.05, 3.63) is 115 Å². The zero-order chi connectivity index (χ0) is 20.6. The molecule has 0 saturated heterocycles. The first-order chi connectivity index (χ1) is 15.4. The van der Waals surface area contributed by atoms with Crippen molar-refractivity contribution >= 4 is 21.8 Å². The molecular weight excluding hydrogens is 376 g/mol. The van der Waals surface area contributed by atoms with E-state index in [2.05, 4.69) is 120 Å². The van der Waals surface area contributed by atoms with Crippen LogP contribution in [0, 0.1) is 0 Å². The molecule has 0 unspecified atom stereocenters. The average molecular weight is 396 g/mol. The number of hydrogen-bond acceptors (Lipinski definition) is 1. The van der Waals surface area contributed by atoms with E-state index in [0.29, 0.717) is 0 Å². The molecule has 0 atom stereocenters. The van der Waals surface area contributed by atoms with Crippen LogP contribution in [-0.2, 0) is 0 Å². The van der Waals surface area contributed by atoms with Crippen molar-refractivity contribution < 1.29 is 0 Å². The molecule has 2 heteroatoms. The Hall–Kier alpha value is -4.17. The van der Waals surface area contributed by atoms with Crippen LogP contribution in [0.15, 0.2) is 115 Å². The fourth-order valence-corrected chi connectivity index (χ4v) is 4.34. The SMILES string of the molecule is c1ccc(-c2cccc(-c3ccccc3)c2-c2nc3cc4ccccc4cc3[nH]2)cc1. The second-order valence-corrected chi connectivity index (χ2v) is 7.76. The average Bonchev–Trinajstić information content (AvgIpc) is 3.25. The molecule has 0 bridgehead atoms. The van der Waals surface area contributed by atoms with Gasteiger partial charge in [-0.3, -0.25) is 0 Å². The number of H-pyrrole nitrogens is 1. The molecule has 0 aliphatic rings. The Labute approximate surface area is 180 Å². The van der Waals surface area contributed by atoms with Gasteiger partial charge in [-0.15, -0.1) is 0 Å². The zero-order valence-electron chi connectivity index (χ0n) is 16.9. The van der Waals surface area contributed by atoms with Gasteiger partial charge in [0.25, 0.3) is 0 Å². The number of nitrogens with zero attached hydrogens (tertiary/aromatic N) is 1. The van der Waals surface area contributed by atoms with Crippen LogP contribution in [0.3, 0.4) is 0 Å². The lowest BCUT2D eigenvalue weighted by Crippen LogP contribution is -1.92. The zero-order valence-corrected chi connectivity index (χ0v) is 16.9. The Morgan fingerprint density at radius 1 is 0.516 bits per heavy atom. The van der Waals surface area contributed by atoms with Gasteiger partial charge < -0.3 is 4.98 Å². The summed E-state index contributed by atoms with van der Waals surface area (Å²) in [6, 6.07) is 40.3.